The van der Waals surface area contributed by atoms with Crippen LogP contribution in [0.1, 0.15) is 18.5 Å². The van der Waals surface area contributed by atoms with E-state index in [1.165, 1.54) is 0 Å². The van der Waals surface area contributed by atoms with Gasteiger partial charge in [-0.1, -0.05) is 0 Å². The zero-order valence-electron chi connectivity index (χ0n) is 9.76. The van der Waals surface area contributed by atoms with Crippen molar-refractivity contribution in [2.24, 2.45) is 11.7 Å². The summed E-state index contributed by atoms with van der Waals surface area (Å²) in [5.74, 6) is 0.573. The Morgan fingerprint density at radius 1 is 1.59 bits per heavy atom. The van der Waals surface area contributed by atoms with Gasteiger partial charge in [0.15, 0.2) is 0 Å². The molecule has 0 spiro atoms. The van der Waals surface area contributed by atoms with Crippen molar-refractivity contribution in [2.75, 3.05) is 24.6 Å². The Morgan fingerprint density at radius 3 is 3.00 bits per heavy atom. The number of aliphatic hydroxyl groups excluding tert-OH is 1. The fraction of sp³-hybridized carbons (Fsp3) is 0.500. The van der Waals surface area contributed by atoms with E-state index in [4.69, 9.17) is 16.2 Å². The molecule has 0 amide bonds. The summed E-state index contributed by atoms with van der Waals surface area (Å²) in [5, 5.41) is 16.2. The SMILES string of the molecule is N=C(N)c1ccc(N2CCC(CCO)C2)cn1. The van der Waals surface area contributed by atoms with E-state index in [2.05, 4.69) is 9.88 Å². The van der Waals surface area contributed by atoms with Gasteiger partial charge in [0, 0.05) is 19.7 Å². The number of anilines is 1. The van der Waals surface area contributed by atoms with Crippen LogP contribution in [-0.4, -0.2) is 35.6 Å². The van der Waals surface area contributed by atoms with Gasteiger partial charge in [-0.3, -0.25) is 10.4 Å². The number of amidine groups is 1. The number of rotatable bonds is 4. The second-order valence-corrected chi connectivity index (χ2v) is 4.43. The molecule has 4 N–H and O–H groups in total. The Kier molecular flexibility index (Phi) is 3.58. The summed E-state index contributed by atoms with van der Waals surface area (Å²) in [5.41, 5.74) is 6.94. The molecule has 2 heterocycles. The highest BCUT2D eigenvalue weighted by Crippen LogP contribution is 2.24. The number of nitrogens with one attached hydrogen (secondary N) is 1. The number of nitrogen functional groups attached to an aromatic ring is 1. The molecule has 5 nitrogen and oxygen atoms in total. The molecule has 5 heteroatoms. The molecule has 0 saturated carbocycles. The maximum Gasteiger partial charge on any atom is 0.141 e. The molecule has 0 radical (unpaired) electrons. The first-order valence-corrected chi connectivity index (χ1v) is 5.87. The van der Waals surface area contributed by atoms with Crippen LogP contribution >= 0.6 is 0 Å². The van der Waals surface area contributed by atoms with Gasteiger partial charge >= 0.3 is 0 Å². The lowest BCUT2D eigenvalue weighted by molar-refractivity contribution is 0.263. The van der Waals surface area contributed by atoms with E-state index in [9.17, 15) is 0 Å². The molecule has 1 fully saturated rings. The van der Waals surface area contributed by atoms with Crippen molar-refractivity contribution in [3.8, 4) is 0 Å². The summed E-state index contributed by atoms with van der Waals surface area (Å²) >= 11 is 0. The summed E-state index contributed by atoms with van der Waals surface area (Å²) in [6, 6.07) is 3.72. The second-order valence-electron chi connectivity index (χ2n) is 4.43. The molecule has 1 aliphatic rings. The summed E-state index contributed by atoms with van der Waals surface area (Å²) in [7, 11) is 0. The lowest BCUT2D eigenvalue weighted by atomic mass is 10.1. The fourth-order valence-electron chi connectivity index (χ4n) is 2.22. The molecule has 0 bridgehead atoms. The van der Waals surface area contributed by atoms with Crippen molar-refractivity contribution >= 4 is 11.5 Å². The van der Waals surface area contributed by atoms with E-state index in [1.54, 1.807) is 12.3 Å². The number of pyridine rings is 1. The van der Waals surface area contributed by atoms with Crippen LogP contribution in [0.3, 0.4) is 0 Å². The fourth-order valence-corrected chi connectivity index (χ4v) is 2.22. The maximum absolute atomic E-state index is 8.91. The third-order valence-electron chi connectivity index (χ3n) is 3.21. The summed E-state index contributed by atoms with van der Waals surface area (Å²) in [6.45, 7) is 2.24. The Balaban J connectivity index is 2.01. The first-order chi connectivity index (χ1) is 8.20. The number of nitrogens with zero attached hydrogens (tertiary/aromatic N) is 2. The highest BCUT2D eigenvalue weighted by atomic mass is 16.3. The predicted molar refractivity (Wildman–Crippen MR) is 67.3 cm³/mol. The van der Waals surface area contributed by atoms with Gasteiger partial charge in [-0.2, -0.15) is 0 Å². The van der Waals surface area contributed by atoms with E-state index < -0.39 is 0 Å². The summed E-state index contributed by atoms with van der Waals surface area (Å²) < 4.78 is 0. The number of aromatic nitrogens is 1. The lowest BCUT2D eigenvalue weighted by Gasteiger charge is -2.18. The maximum atomic E-state index is 8.91. The average Bonchev–Trinajstić information content (AvgIpc) is 2.78. The van der Waals surface area contributed by atoms with Gasteiger partial charge in [-0.15, -0.1) is 0 Å². The number of hydrogen-bond donors (Lipinski definition) is 3. The minimum atomic E-state index is -0.00358. The summed E-state index contributed by atoms with van der Waals surface area (Å²) in [4.78, 5) is 6.41. The molecular formula is C12H18N4O. The molecule has 1 aromatic rings. The Morgan fingerprint density at radius 2 is 2.41 bits per heavy atom. The number of hydrogen-bond acceptors (Lipinski definition) is 4. The molecule has 0 aromatic carbocycles. The molecule has 92 valence electrons. The molecule has 1 aliphatic heterocycles. The number of nitrogens with two attached hydrogens (primary N) is 1. The van der Waals surface area contributed by atoms with Gasteiger partial charge in [0.25, 0.3) is 0 Å². The van der Waals surface area contributed by atoms with Crippen LogP contribution in [0.5, 0.6) is 0 Å². The molecule has 1 aromatic heterocycles. The van der Waals surface area contributed by atoms with Crippen LogP contribution in [0.25, 0.3) is 0 Å². The third-order valence-corrected chi connectivity index (χ3v) is 3.21. The van der Waals surface area contributed by atoms with Crippen molar-refractivity contribution in [3.63, 3.8) is 0 Å². The first-order valence-electron chi connectivity index (χ1n) is 5.87. The van der Waals surface area contributed by atoms with Gasteiger partial charge in [-0.25, -0.2) is 0 Å². The van der Waals surface area contributed by atoms with Gasteiger partial charge < -0.3 is 15.7 Å². The van der Waals surface area contributed by atoms with Crippen LogP contribution in [0.4, 0.5) is 5.69 Å². The topological polar surface area (TPSA) is 86.2 Å². The second kappa shape index (κ2) is 5.14. The van der Waals surface area contributed by atoms with E-state index in [-0.39, 0.29) is 12.4 Å². The molecule has 1 saturated heterocycles. The lowest BCUT2D eigenvalue weighted by Crippen LogP contribution is -2.20. The van der Waals surface area contributed by atoms with E-state index in [1.807, 2.05) is 6.07 Å². The molecule has 0 aliphatic carbocycles. The monoisotopic (exact) mass is 234 g/mol. The average molecular weight is 234 g/mol. The molecule has 1 unspecified atom stereocenters. The summed E-state index contributed by atoms with van der Waals surface area (Å²) in [6.07, 6.45) is 3.75. The Bertz CT molecular complexity index is 390. The van der Waals surface area contributed by atoms with Gasteiger partial charge in [-0.05, 0) is 30.9 Å². The van der Waals surface area contributed by atoms with Gasteiger partial charge in [0.05, 0.1) is 11.9 Å². The zero-order valence-corrected chi connectivity index (χ0v) is 9.76. The smallest absolute Gasteiger partial charge is 0.141 e. The van der Waals surface area contributed by atoms with Gasteiger partial charge in [0.2, 0.25) is 0 Å². The molecule has 2 rings (SSSR count). The molecular weight excluding hydrogens is 216 g/mol. The Hall–Kier alpha value is -1.62. The zero-order chi connectivity index (χ0) is 12.3. The highest BCUT2D eigenvalue weighted by molar-refractivity contribution is 5.93. The normalized spacial score (nSPS) is 19.6. The van der Waals surface area contributed by atoms with E-state index >= 15 is 0 Å². The van der Waals surface area contributed by atoms with Gasteiger partial charge in [0.1, 0.15) is 11.5 Å². The molecule has 1 atom stereocenters. The molecule has 17 heavy (non-hydrogen) atoms. The predicted octanol–water partition coefficient (Wildman–Crippen LogP) is 0.574. The van der Waals surface area contributed by atoms with Crippen molar-refractivity contribution < 1.29 is 5.11 Å². The van der Waals surface area contributed by atoms with E-state index in [0.29, 0.717) is 11.6 Å². The van der Waals surface area contributed by atoms with E-state index in [0.717, 1.165) is 31.6 Å². The van der Waals surface area contributed by atoms with Crippen LogP contribution in [-0.2, 0) is 0 Å². The van der Waals surface area contributed by atoms with Crippen LogP contribution in [0.2, 0.25) is 0 Å². The van der Waals surface area contributed by atoms with Crippen molar-refractivity contribution in [3.05, 3.63) is 24.0 Å². The van der Waals surface area contributed by atoms with Crippen molar-refractivity contribution in [1.82, 2.24) is 4.98 Å². The van der Waals surface area contributed by atoms with Crippen LogP contribution in [0.15, 0.2) is 18.3 Å². The Labute approximate surface area is 101 Å². The van der Waals surface area contributed by atoms with Crippen LogP contribution in [0, 0.1) is 11.3 Å². The standard InChI is InChI=1S/C12H18N4O/c13-12(14)11-2-1-10(7-15-11)16-5-3-9(8-16)4-6-17/h1-2,7,9,17H,3-6,8H2,(H3,13,14). The quantitative estimate of drug-likeness (QED) is 0.525. The third kappa shape index (κ3) is 2.74. The highest BCUT2D eigenvalue weighted by Gasteiger charge is 2.22. The van der Waals surface area contributed by atoms with Crippen molar-refractivity contribution in [2.45, 2.75) is 12.8 Å². The van der Waals surface area contributed by atoms with Crippen molar-refractivity contribution in [1.29, 1.82) is 5.41 Å². The first kappa shape index (κ1) is 11.9. The largest absolute Gasteiger partial charge is 0.396 e. The minimum absolute atomic E-state index is 0.00358. The van der Waals surface area contributed by atoms with Crippen LogP contribution < -0.4 is 10.6 Å². The number of aliphatic hydroxyl groups is 1. The minimum Gasteiger partial charge on any atom is -0.396 e.